The van der Waals surface area contributed by atoms with Gasteiger partial charge in [0, 0.05) is 16.6 Å². The van der Waals surface area contributed by atoms with Crippen molar-refractivity contribution in [2.45, 2.75) is 18.4 Å². The Morgan fingerprint density at radius 1 is 1.14 bits per heavy atom. The Morgan fingerprint density at radius 2 is 1.79 bits per heavy atom. The van der Waals surface area contributed by atoms with Crippen LogP contribution < -0.4 is 5.32 Å². The molecular formula is C21H17Cl3FNO3. The largest absolute Gasteiger partial charge is 0.469 e. The normalized spacial score (nSPS) is 19.1. The van der Waals surface area contributed by atoms with Crippen molar-refractivity contribution in [3.63, 3.8) is 0 Å². The summed E-state index contributed by atoms with van der Waals surface area (Å²) >= 11 is 18.1. The molecule has 1 aliphatic carbocycles. The van der Waals surface area contributed by atoms with Gasteiger partial charge in [0.15, 0.2) is 0 Å². The van der Waals surface area contributed by atoms with E-state index < -0.39 is 23.6 Å². The lowest BCUT2D eigenvalue weighted by Crippen LogP contribution is -2.34. The van der Waals surface area contributed by atoms with Gasteiger partial charge in [-0.3, -0.25) is 9.59 Å². The molecule has 4 nitrogen and oxygen atoms in total. The van der Waals surface area contributed by atoms with Gasteiger partial charge in [-0.2, -0.15) is 0 Å². The monoisotopic (exact) mass is 455 g/mol. The van der Waals surface area contributed by atoms with Crippen LogP contribution in [0.25, 0.3) is 0 Å². The number of benzene rings is 2. The Labute approximate surface area is 182 Å². The third-order valence-corrected chi connectivity index (χ3v) is 5.61. The van der Waals surface area contributed by atoms with Crippen LogP contribution in [0.3, 0.4) is 0 Å². The lowest BCUT2D eigenvalue weighted by molar-refractivity contribution is -0.143. The molecule has 2 aromatic carbocycles. The van der Waals surface area contributed by atoms with Gasteiger partial charge in [0.1, 0.15) is 5.82 Å². The molecule has 0 aliphatic heterocycles. The van der Waals surface area contributed by atoms with E-state index in [1.165, 1.54) is 25.3 Å². The SMILES string of the molecule is COC(=O)C(c1ccccc1F)C1C=CC(NC(=O)c2c(Cl)cc(Cl)cc2Cl)C1. The van der Waals surface area contributed by atoms with Crippen LogP contribution in [-0.4, -0.2) is 25.0 Å². The van der Waals surface area contributed by atoms with Gasteiger partial charge in [0.05, 0.1) is 28.6 Å². The van der Waals surface area contributed by atoms with Crippen LogP contribution in [0.1, 0.15) is 28.3 Å². The van der Waals surface area contributed by atoms with Crippen LogP contribution in [0.5, 0.6) is 0 Å². The third kappa shape index (κ3) is 4.74. The fraction of sp³-hybridized carbons (Fsp3) is 0.238. The second kappa shape index (κ2) is 9.16. The molecule has 0 spiro atoms. The van der Waals surface area contributed by atoms with Crippen molar-refractivity contribution in [3.05, 3.63) is 80.6 Å². The van der Waals surface area contributed by atoms with E-state index in [2.05, 4.69) is 5.32 Å². The third-order valence-electron chi connectivity index (χ3n) is 4.79. The molecule has 1 amide bonds. The fourth-order valence-electron chi connectivity index (χ4n) is 3.47. The molecular weight excluding hydrogens is 440 g/mol. The van der Waals surface area contributed by atoms with E-state index in [0.29, 0.717) is 11.4 Å². The Balaban J connectivity index is 1.77. The first kappa shape index (κ1) is 21.6. The summed E-state index contributed by atoms with van der Waals surface area (Å²) in [5.41, 5.74) is 0.373. The molecule has 0 heterocycles. The predicted molar refractivity (Wildman–Crippen MR) is 111 cm³/mol. The molecule has 0 fully saturated rings. The molecule has 0 saturated carbocycles. The number of methoxy groups -OCH3 is 1. The average molecular weight is 457 g/mol. The predicted octanol–water partition coefficient (Wildman–Crippen LogP) is 5.42. The second-order valence-electron chi connectivity index (χ2n) is 6.63. The van der Waals surface area contributed by atoms with Crippen molar-refractivity contribution in [1.29, 1.82) is 0 Å². The highest BCUT2D eigenvalue weighted by Gasteiger charge is 2.35. The maximum Gasteiger partial charge on any atom is 0.313 e. The van der Waals surface area contributed by atoms with E-state index in [1.54, 1.807) is 30.4 Å². The zero-order chi connectivity index (χ0) is 21.1. The Hall–Kier alpha value is -2.08. The smallest absolute Gasteiger partial charge is 0.313 e. The molecule has 1 aliphatic rings. The topological polar surface area (TPSA) is 55.4 Å². The standard InChI is InChI=1S/C21H17Cl3FNO3/c1-29-21(28)18(14-4-2-3-5-17(14)25)11-6-7-13(8-11)26-20(27)19-15(23)9-12(22)10-16(19)24/h2-7,9-11,13,18H,8H2,1H3,(H,26,27). The van der Waals surface area contributed by atoms with E-state index >= 15 is 0 Å². The summed E-state index contributed by atoms with van der Waals surface area (Å²) in [6.45, 7) is 0. The Kier molecular flexibility index (Phi) is 6.83. The highest BCUT2D eigenvalue weighted by molar-refractivity contribution is 6.42. The number of allylic oxidation sites excluding steroid dienone is 1. The van der Waals surface area contributed by atoms with E-state index in [4.69, 9.17) is 39.5 Å². The summed E-state index contributed by atoms with van der Waals surface area (Å²) in [4.78, 5) is 25.0. The number of carbonyl (C=O) groups is 2. The van der Waals surface area contributed by atoms with E-state index in [0.717, 1.165) is 0 Å². The number of hydrogen-bond acceptors (Lipinski definition) is 3. The van der Waals surface area contributed by atoms with Gasteiger partial charge in [0.2, 0.25) is 0 Å². The minimum atomic E-state index is -0.818. The number of hydrogen-bond donors (Lipinski definition) is 1. The van der Waals surface area contributed by atoms with Gasteiger partial charge < -0.3 is 10.1 Å². The molecule has 0 radical (unpaired) electrons. The molecule has 3 rings (SSSR count). The minimum Gasteiger partial charge on any atom is -0.469 e. The van der Waals surface area contributed by atoms with Crippen LogP contribution in [0.2, 0.25) is 15.1 Å². The van der Waals surface area contributed by atoms with Crippen LogP contribution >= 0.6 is 34.8 Å². The quantitative estimate of drug-likeness (QED) is 0.483. The summed E-state index contributed by atoms with van der Waals surface area (Å²) in [5, 5.41) is 3.42. The number of esters is 1. The van der Waals surface area contributed by atoms with Crippen LogP contribution in [0.4, 0.5) is 4.39 Å². The van der Waals surface area contributed by atoms with Gasteiger partial charge in [0.25, 0.3) is 5.91 Å². The maximum atomic E-state index is 14.3. The second-order valence-corrected chi connectivity index (χ2v) is 7.88. The van der Waals surface area contributed by atoms with Gasteiger partial charge in [-0.1, -0.05) is 65.2 Å². The first-order valence-electron chi connectivity index (χ1n) is 8.77. The zero-order valence-electron chi connectivity index (χ0n) is 15.3. The summed E-state index contributed by atoms with van der Waals surface area (Å²) in [7, 11) is 1.26. The molecule has 3 atom stereocenters. The van der Waals surface area contributed by atoms with Gasteiger partial charge >= 0.3 is 5.97 Å². The number of nitrogens with one attached hydrogen (secondary N) is 1. The molecule has 0 bridgehead atoms. The van der Waals surface area contributed by atoms with Crippen molar-refractivity contribution in [3.8, 4) is 0 Å². The summed E-state index contributed by atoms with van der Waals surface area (Å²) < 4.78 is 19.2. The lowest BCUT2D eigenvalue weighted by Gasteiger charge is -2.22. The number of rotatable bonds is 5. The van der Waals surface area contributed by atoms with Crippen molar-refractivity contribution in [2.75, 3.05) is 7.11 Å². The molecule has 1 N–H and O–H groups in total. The highest BCUT2D eigenvalue weighted by atomic mass is 35.5. The lowest BCUT2D eigenvalue weighted by atomic mass is 9.85. The molecule has 0 saturated heterocycles. The fourth-order valence-corrected chi connectivity index (χ4v) is 4.46. The Morgan fingerprint density at radius 3 is 2.41 bits per heavy atom. The maximum absolute atomic E-state index is 14.3. The first-order chi connectivity index (χ1) is 13.8. The van der Waals surface area contributed by atoms with Gasteiger partial charge in [-0.15, -0.1) is 0 Å². The molecule has 0 aromatic heterocycles. The van der Waals surface area contributed by atoms with Crippen LogP contribution in [0.15, 0.2) is 48.6 Å². The van der Waals surface area contributed by atoms with E-state index in [9.17, 15) is 14.0 Å². The van der Waals surface area contributed by atoms with E-state index in [1.807, 2.05) is 0 Å². The van der Waals surface area contributed by atoms with Gasteiger partial charge in [-0.05, 0) is 30.5 Å². The van der Waals surface area contributed by atoms with Crippen LogP contribution in [-0.2, 0) is 9.53 Å². The summed E-state index contributed by atoms with van der Waals surface area (Å²) in [6.07, 6.45) is 3.93. The molecule has 152 valence electrons. The minimum absolute atomic E-state index is 0.119. The van der Waals surface area contributed by atoms with Gasteiger partial charge in [-0.25, -0.2) is 4.39 Å². The molecule has 29 heavy (non-hydrogen) atoms. The van der Waals surface area contributed by atoms with Crippen molar-refractivity contribution in [1.82, 2.24) is 5.32 Å². The first-order valence-corrected chi connectivity index (χ1v) is 9.91. The van der Waals surface area contributed by atoms with E-state index in [-0.39, 0.29) is 33.1 Å². The number of amides is 1. The number of halogens is 4. The number of carbonyl (C=O) groups excluding carboxylic acids is 2. The van der Waals surface area contributed by atoms with Crippen molar-refractivity contribution >= 4 is 46.7 Å². The van der Waals surface area contributed by atoms with Crippen LogP contribution in [0, 0.1) is 11.7 Å². The van der Waals surface area contributed by atoms with Crippen molar-refractivity contribution in [2.24, 2.45) is 5.92 Å². The molecule has 8 heteroatoms. The number of ether oxygens (including phenoxy) is 1. The Bertz CT molecular complexity index is 956. The molecule has 2 aromatic rings. The van der Waals surface area contributed by atoms with Crippen molar-refractivity contribution < 1.29 is 18.7 Å². The zero-order valence-corrected chi connectivity index (χ0v) is 17.6. The summed E-state index contributed by atoms with van der Waals surface area (Å²) in [5.74, 6) is -2.65. The summed E-state index contributed by atoms with van der Waals surface area (Å²) in [6, 6.07) is 8.56. The highest BCUT2D eigenvalue weighted by Crippen LogP contribution is 2.36. The molecule has 3 unspecified atom stereocenters. The average Bonchev–Trinajstić information content (AvgIpc) is 3.10.